The Labute approximate surface area is 138 Å². The molecule has 2 aliphatic carbocycles. The number of carbonyl (C=O) groups is 1. The number of benzene rings is 1. The lowest BCUT2D eigenvalue weighted by Gasteiger charge is -2.27. The summed E-state index contributed by atoms with van der Waals surface area (Å²) in [6, 6.07) is 8.21. The summed E-state index contributed by atoms with van der Waals surface area (Å²) in [4.78, 5) is 12.6. The van der Waals surface area contributed by atoms with Crippen LogP contribution in [-0.2, 0) is 22.7 Å². The number of nitrogens with one attached hydrogen (secondary N) is 1. The van der Waals surface area contributed by atoms with E-state index in [1.54, 1.807) is 0 Å². The SMILES string of the molecule is CCCOCc1ccccc1CNC(=O)C1C2CCC(C2)C1N. The van der Waals surface area contributed by atoms with E-state index in [0.717, 1.165) is 37.0 Å². The molecule has 126 valence electrons. The summed E-state index contributed by atoms with van der Waals surface area (Å²) in [6.07, 6.45) is 4.52. The standard InChI is InChI=1S/C19H28N2O2/c1-2-9-23-12-16-6-4-3-5-15(16)11-21-19(22)17-13-7-8-14(10-13)18(17)20/h3-6,13-14,17-18H,2,7-12,20H2,1H3,(H,21,22). The Kier molecular flexibility index (Phi) is 5.34. The second-order valence-electron chi connectivity index (χ2n) is 6.98. The zero-order chi connectivity index (χ0) is 16.2. The van der Waals surface area contributed by atoms with Crippen molar-refractivity contribution in [3.05, 3.63) is 35.4 Å². The Morgan fingerprint density at radius 3 is 2.70 bits per heavy atom. The van der Waals surface area contributed by atoms with Gasteiger partial charge in [0.15, 0.2) is 0 Å². The van der Waals surface area contributed by atoms with Crippen LogP contribution in [0.5, 0.6) is 0 Å². The normalized spacial score (nSPS) is 29.0. The summed E-state index contributed by atoms with van der Waals surface area (Å²) >= 11 is 0. The molecule has 0 aliphatic heterocycles. The Morgan fingerprint density at radius 1 is 1.26 bits per heavy atom. The summed E-state index contributed by atoms with van der Waals surface area (Å²) < 4.78 is 5.64. The topological polar surface area (TPSA) is 64.3 Å². The van der Waals surface area contributed by atoms with E-state index in [-0.39, 0.29) is 17.9 Å². The Hall–Kier alpha value is -1.39. The van der Waals surface area contributed by atoms with Crippen molar-refractivity contribution in [2.75, 3.05) is 6.61 Å². The van der Waals surface area contributed by atoms with Crippen LogP contribution in [0.3, 0.4) is 0 Å². The fourth-order valence-electron chi connectivity index (χ4n) is 4.22. The fraction of sp³-hybridized carbons (Fsp3) is 0.632. The third kappa shape index (κ3) is 3.59. The predicted molar refractivity (Wildman–Crippen MR) is 90.5 cm³/mol. The van der Waals surface area contributed by atoms with E-state index in [1.807, 2.05) is 12.1 Å². The van der Waals surface area contributed by atoms with Crippen molar-refractivity contribution in [2.24, 2.45) is 23.5 Å². The molecule has 4 heteroatoms. The van der Waals surface area contributed by atoms with Gasteiger partial charge in [-0.1, -0.05) is 31.2 Å². The van der Waals surface area contributed by atoms with Crippen molar-refractivity contribution in [1.82, 2.24) is 5.32 Å². The number of rotatable bonds is 7. The zero-order valence-electron chi connectivity index (χ0n) is 14.0. The molecule has 0 radical (unpaired) electrons. The van der Waals surface area contributed by atoms with E-state index in [1.165, 1.54) is 6.42 Å². The number of carbonyl (C=O) groups excluding carboxylic acids is 1. The van der Waals surface area contributed by atoms with E-state index >= 15 is 0 Å². The van der Waals surface area contributed by atoms with Gasteiger partial charge in [0.25, 0.3) is 0 Å². The van der Waals surface area contributed by atoms with Crippen LogP contribution in [0.1, 0.15) is 43.7 Å². The third-order valence-electron chi connectivity index (χ3n) is 5.46. The van der Waals surface area contributed by atoms with Crippen LogP contribution in [0.15, 0.2) is 24.3 Å². The van der Waals surface area contributed by atoms with Crippen LogP contribution < -0.4 is 11.1 Å². The predicted octanol–water partition coefficient (Wildman–Crippen LogP) is 2.60. The minimum absolute atomic E-state index is 0.0113. The highest BCUT2D eigenvalue weighted by molar-refractivity contribution is 5.80. The Bertz CT molecular complexity index is 544. The van der Waals surface area contributed by atoms with Crippen LogP contribution in [-0.4, -0.2) is 18.6 Å². The van der Waals surface area contributed by atoms with Crippen molar-refractivity contribution >= 4 is 5.91 Å². The van der Waals surface area contributed by atoms with E-state index in [9.17, 15) is 4.79 Å². The molecule has 23 heavy (non-hydrogen) atoms. The van der Waals surface area contributed by atoms with Gasteiger partial charge >= 0.3 is 0 Å². The highest BCUT2D eigenvalue weighted by Crippen LogP contribution is 2.47. The molecule has 2 fully saturated rings. The smallest absolute Gasteiger partial charge is 0.225 e. The minimum atomic E-state index is 0.0113. The minimum Gasteiger partial charge on any atom is -0.377 e. The molecule has 0 heterocycles. The molecule has 2 aliphatic rings. The molecule has 2 saturated carbocycles. The lowest BCUT2D eigenvalue weighted by molar-refractivity contribution is -0.127. The van der Waals surface area contributed by atoms with Crippen LogP contribution in [0.2, 0.25) is 0 Å². The monoisotopic (exact) mass is 316 g/mol. The molecule has 1 aromatic carbocycles. The van der Waals surface area contributed by atoms with Crippen LogP contribution in [0, 0.1) is 17.8 Å². The van der Waals surface area contributed by atoms with E-state index in [4.69, 9.17) is 10.5 Å². The fourth-order valence-corrected chi connectivity index (χ4v) is 4.22. The zero-order valence-corrected chi connectivity index (χ0v) is 14.0. The Balaban J connectivity index is 1.57. The molecule has 2 bridgehead atoms. The quantitative estimate of drug-likeness (QED) is 0.760. The van der Waals surface area contributed by atoms with Gasteiger partial charge in [0.05, 0.1) is 12.5 Å². The first kappa shape index (κ1) is 16.5. The lowest BCUT2D eigenvalue weighted by Crippen LogP contribution is -2.45. The van der Waals surface area contributed by atoms with E-state index in [2.05, 4.69) is 24.4 Å². The van der Waals surface area contributed by atoms with Crippen molar-refractivity contribution in [1.29, 1.82) is 0 Å². The molecular formula is C19H28N2O2. The lowest BCUT2D eigenvalue weighted by atomic mass is 9.84. The second kappa shape index (κ2) is 7.45. The number of hydrogen-bond donors (Lipinski definition) is 2. The molecule has 3 N–H and O–H groups in total. The van der Waals surface area contributed by atoms with E-state index < -0.39 is 0 Å². The van der Waals surface area contributed by atoms with Crippen LogP contribution in [0.4, 0.5) is 0 Å². The number of nitrogens with two attached hydrogens (primary N) is 1. The van der Waals surface area contributed by atoms with Crippen molar-refractivity contribution in [3.63, 3.8) is 0 Å². The maximum Gasteiger partial charge on any atom is 0.225 e. The molecule has 1 aromatic rings. The number of amides is 1. The molecule has 4 atom stereocenters. The molecule has 0 saturated heterocycles. The van der Waals surface area contributed by atoms with Gasteiger partial charge in [-0.15, -0.1) is 0 Å². The average Bonchev–Trinajstić information content (AvgIpc) is 3.15. The first-order valence-corrected chi connectivity index (χ1v) is 8.88. The first-order valence-electron chi connectivity index (χ1n) is 8.88. The maximum atomic E-state index is 12.6. The second-order valence-corrected chi connectivity index (χ2v) is 6.98. The summed E-state index contributed by atoms with van der Waals surface area (Å²) in [6.45, 7) is 4.03. The van der Waals surface area contributed by atoms with Crippen LogP contribution in [0.25, 0.3) is 0 Å². The molecule has 3 rings (SSSR count). The molecule has 0 spiro atoms. The van der Waals surface area contributed by atoms with Crippen molar-refractivity contribution in [3.8, 4) is 0 Å². The molecule has 1 amide bonds. The first-order chi connectivity index (χ1) is 11.2. The van der Waals surface area contributed by atoms with Crippen molar-refractivity contribution < 1.29 is 9.53 Å². The van der Waals surface area contributed by atoms with Gasteiger partial charge in [-0.05, 0) is 48.6 Å². The molecule has 4 unspecified atom stereocenters. The molecular weight excluding hydrogens is 288 g/mol. The largest absolute Gasteiger partial charge is 0.377 e. The summed E-state index contributed by atoms with van der Waals surface area (Å²) in [5.74, 6) is 1.20. The van der Waals surface area contributed by atoms with Crippen molar-refractivity contribution in [2.45, 2.75) is 51.8 Å². The highest BCUT2D eigenvalue weighted by atomic mass is 16.5. The number of fused-ring (bicyclic) bond motifs is 2. The van der Waals surface area contributed by atoms with Gasteiger partial charge in [-0.2, -0.15) is 0 Å². The molecule has 0 aromatic heterocycles. The number of ether oxygens (including phenoxy) is 1. The summed E-state index contributed by atoms with van der Waals surface area (Å²) in [5, 5.41) is 3.11. The average molecular weight is 316 g/mol. The van der Waals surface area contributed by atoms with Gasteiger partial charge in [-0.25, -0.2) is 0 Å². The molecule has 4 nitrogen and oxygen atoms in total. The maximum absolute atomic E-state index is 12.6. The Morgan fingerprint density at radius 2 is 2.00 bits per heavy atom. The highest BCUT2D eigenvalue weighted by Gasteiger charge is 2.48. The number of hydrogen-bond acceptors (Lipinski definition) is 3. The van der Waals surface area contributed by atoms with Gasteiger partial charge < -0.3 is 15.8 Å². The van der Waals surface area contributed by atoms with Gasteiger partial charge in [0.2, 0.25) is 5.91 Å². The third-order valence-corrected chi connectivity index (χ3v) is 5.46. The van der Waals surface area contributed by atoms with Crippen LogP contribution >= 0.6 is 0 Å². The van der Waals surface area contributed by atoms with Gasteiger partial charge in [0, 0.05) is 19.2 Å². The van der Waals surface area contributed by atoms with Gasteiger partial charge in [0.1, 0.15) is 0 Å². The van der Waals surface area contributed by atoms with Gasteiger partial charge in [-0.3, -0.25) is 4.79 Å². The van der Waals surface area contributed by atoms with E-state index in [0.29, 0.717) is 25.0 Å². The summed E-state index contributed by atoms with van der Waals surface area (Å²) in [5.41, 5.74) is 8.55. The summed E-state index contributed by atoms with van der Waals surface area (Å²) in [7, 11) is 0.